The van der Waals surface area contributed by atoms with Gasteiger partial charge in [-0.25, -0.2) is 4.79 Å². The summed E-state index contributed by atoms with van der Waals surface area (Å²) in [6, 6.07) is 7.05. The van der Waals surface area contributed by atoms with Crippen LogP contribution in [0.15, 0.2) is 48.8 Å². The molecule has 0 amide bonds. The van der Waals surface area contributed by atoms with Crippen molar-refractivity contribution in [2.45, 2.75) is 51.7 Å². The van der Waals surface area contributed by atoms with Crippen LogP contribution in [0.1, 0.15) is 57.2 Å². The van der Waals surface area contributed by atoms with Gasteiger partial charge in [0.15, 0.2) is 0 Å². The highest BCUT2D eigenvalue weighted by Crippen LogP contribution is 2.33. The summed E-state index contributed by atoms with van der Waals surface area (Å²) < 4.78 is 4.94. The Morgan fingerprint density at radius 3 is 2.62 bits per heavy atom. The van der Waals surface area contributed by atoms with Crippen molar-refractivity contribution in [3.8, 4) is 0 Å². The van der Waals surface area contributed by atoms with Crippen LogP contribution in [0.25, 0.3) is 0 Å². The summed E-state index contributed by atoms with van der Waals surface area (Å²) in [4.78, 5) is 14.1. The van der Waals surface area contributed by atoms with Gasteiger partial charge in [0.25, 0.3) is 0 Å². The zero-order chi connectivity index (χ0) is 19.7. The summed E-state index contributed by atoms with van der Waals surface area (Å²) in [6.45, 7) is 9.02. The fraction of sp³-hybridized carbons (Fsp3) is 0.476. The first-order valence-corrected chi connectivity index (χ1v) is 8.96. The monoisotopic (exact) mass is 361 g/mol. The van der Waals surface area contributed by atoms with Crippen LogP contribution in [0.5, 0.6) is 0 Å². The van der Waals surface area contributed by atoms with E-state index in [9.17, 15) is 15.0 Å². The van der Waals surface area contributed by atoms with Gasteiger partial charge in [0.05, 0.1) is 19.8 Å². The Morgan fingerprint density at radius 2 is 2.08 bits per heavy atom. The Morgan fingerprint density at radius 1 is 1.42 bits per heavy atom. The summed E-state index contributed by atoms with van der Waals surface area (Å²) in [7, 11) is 1.35. The summed E-state index contributed by atoms with van der Waals surface area (Å²) in [5.74, 6) is -0.431. The average molecular weight is 361 g/mol. The van der Waals surface area contributed by atoms with Gasteiger partial charge in [-0.1, -0.05) is 50.3 Å². The molecule has 0 aliphatic rings. The molecule has 0 saturated heterocycles. The number of ether oxygens (including phenoxy) is 1. The minimum absolute atomic E-state index is 0.284. The highest BCUT2D eigenvalue weighted by atomic mass is 16.5. The van der Waals surface area contributed by atoms with Crippen LogP contribution in [0.2, 0.25) is 0 Å². The van der Waals surface area contributed by atoms with Crippen molar-refractivity contribution in [3.05, 3.63) is 59.9 Å². The van der Waals surface area contributed by atoms with Gasteiger partial charge in [0.1, 0.15) is 11.3 Å². The number of carbonyl (C=O) groups excluding carboxylic acids is 1. The van der Waals surface area contributed by atoms with Gasteiger partial charge in [-0.2, -0.15) is 0 Å². The number of esters is 1. The molecule has 0 spiro atoms. The van der Waals surface area contributed by atoms with Gasteiger partial charge < -0.3 is 19.8 Å². The molecule has 1 rings (SSSR count). The Labute approximate surface area is 156 Å². The number of aliphatic hydroxyl groups excluding tert-OH is 1. The molecule has 0 fully saturated rings. The number of benzene rings is 1. The molecule has 0 aliphatic heterocycles. The number of unbranched alkanes of at least 4 members (excludes halogenated alkanes) is 2. The van der Waals surface area contributed by atoms with Gasteiger partial charge in [0, 0.05) is 0 Å². The molecule has 0 aliphatic carbocycles. The highest BCUT2D eigenvalue weighted by molar-refractivity contribution is 5.88. The standard InChI is InChI=1S/C21H31NO4/c1-6-8-9-14-19(20(24)26-5)22(7-2)16(3)17-12-10-11-13-18(17)21(4,25)15-23/h7,10-14,16,23,25H,2,6,8-9,15H2,1,3-5H3. The van der Waals surface area contributed by atoms with Crippen LogP contribution < -0.4 is 0 Å². The predicted molar refractivity (Wildman–Crippen MR) is 103 cm³/mol. The van der Waals surface area contributed by atoms with E-state index in [1.54, 1.807) is 24.1 Å². The number of carbonyl (C=O) groups is 1. The first kappa shape index (κ1) is 21.9. The summed E-state index contributed by atoms with van der Waals surface area (Å²) in [5.41, 5.74) is 0.452. The van der Waals surface area contributed by atoms with Gasteiger partial charge in [-0.3, -0.25) is 0 Å². The molecule has 2 N–H and O–H groups in total. The molecule has 0 aromatic heterocycles. The molecule has 5 heteroatoms. The van der Waals surface area contributed by atoms with Crippen molar-refractivity contribution in [2.24, 2.45) is 0 Å². The van der Waals surface area contributed by atoms with E-state index >= 15 is 0 Å². The summed E-state index contributed by atoms with van der Waals surface area (Å²) >= 11 is 0. The molecular formula is C21H31NO4. The van der Waals surface area contributed by atoms with E-state index in [2.05, 4.69) is 13.5 Å². The lowest BCUT2D eigenvalue weighted by Crippen LogP contribution is -2.31. The molecule has 1 aromatic carbocycles. The van der Waals surface area contributed by atoms with Gasteiger partial charge in [-0.05, 0) is 44.0 Å². The first-order chi connectivity index (χ1) is 12.3. The molecule has 0 heterocycles. The lowest BCUT2D eigenvalue weighted by Gasteiger charge is -2.33. The summed E-state index contributed by atoms with van der Waals surface area (Å²) in [6.07, 6.45) is 6.20. The minimum Gasteiger partial charge on any atom is -0.464 e. The smallest absolute Gasteiger partial charge is 0.354 e. The third-order valence-electron chi connectivity index (χ3n) is 4.48. The van der Waals surface area contributed by atoms with Crippen molar-refractivity contribution < 1.29 is 19.7 Å². The molecule has 1 aromatic rings. The second-order valence-electron chi connectivity index (χ2n) is 6.51. The number of nitrogens with zero attached hydrogens (tertiary/aromatic N) is 1. The van der Waals surface area contributed by atoms with Crippen molar-refractivity contribution >= 4 is 5.97 Å². The third-order valence-corrected chi connectivity index (χ3v) is 4.48. The zero-order valence-corrected chi connectivity index (χ0v) is 16.2. The molecule has 0 radical (unpaired) electrons. The van der Waals surface area contributed by atoms with E-state index in [1.807, 2.05) is 31.2 Å². The molecule has 144 valence electrons. The van der Waals surface area contributed by atoms with Gasteiger partial charge in [-0.15, -0.1) is 0 Å². The second-order valence-corrected chi connectivity index (χ2v) is 6.51. The lowest BCUT2D eigenvalue weighted by atomic mass is 9.88. The quantitative estimate of drug-likeness (QED) is 0.378. The van der Waals surface area contributed by atoms with Crippen LogP contribution >= 0.6 is 0 Å². The maximum Gasteiger partial charge on any atom is 0.354 e. The van der Waals surface area contributed by atoms with Crippen molar-refractivity contribution in [1.29, 1.82) is 0 Å². The van der Waals surface area contributed by atoms with Crippen molar-refractivity contribution in [2.75, 3.05) is 13.7 Å². The number of methoxy groups -OCH3 is 1. The fourth-order valence-corrected chi connectivity index (χ4v) is 2.89. The minimum atomic E-state index is -1.38. The normalized spacial score (nSPS) is 15.1. The highest BCUT2D eigenvalue weighted by Gasteiger charge is 2.29. The SMILES string of the molecule is C=CN(C(=CCCCC)C(=O)OC)C(C)c1ccccc1C(C)(O)CO. The molecular weight excluding hydrogens is 330 g/mol. The first-order valence-electron chi connectivity index (χ1n) is 8.96. The van der Waals surface area contributed by atoms with Crippen LogP contribution in [0.4, 0.5) is 0 Å². The zero-order valence-electron chi connectivity index (χ0n) is 16.2. The van der Waals surface area contributed by atoms with Crippen LogP contribution in [0, 0.1) is 0 Å². The van der Waals surface area contributed by atoms with E-state index < -0.39 is 18.2 Å². The van der Waals surface area contributed by atoms with Crippen LogP contribution in [-0.4, -0.2) is 34.8 Å². The number of rotatable bonds is 10. The molecule has 2 atom stereocenters. The topological polar surface area (TPSA) is 70.0 Å². The Hall–Kier alpha value is -2.11. The number of aliphatic hydroxyl groups is 2. The largest absolute Gasteiger partial charge is 0.464 e. The molecule has 0 saturated carbocycles. The number of hydrogen-bond donors (Lipinski definition) is 2. The average Bonchev–Trinajstić information content (AvgIpc) is 2.66. The van der Waals surface area contributed by atoms with E-state index in [0.29, 0.717) is 11.3 Å². The Bertz CT molecular complexity index is 637. The maximum atomic E-state index is 12.3. The van der Waals surface area contributed by atoms with E-state index in [0.717, 1.165) is 24.8 Å². The van der Waals surface area contributed by atoms with E-state index in [-0.39, 0.29) is 6.04 Å². The van der Waals surface area contributed by atoms with E-state index in [4.69, 9.17) is 4.74 Å². The molecule has 5 nitrogen and oxygen atoms in total. The van der Waals surface area contributed by atoms with Gasteiger partial charge >= 0.3 is 5.97 Å². The van der Waals surface area contributed by atoms with E-state index in [1.165, 1.54) is 7.11 Å². The second kappa shape index (κ2) is 10.1. The van der Waals surface area contributed by atoms with Crippen molar-refractivity contribution in [1.82, 2.24) is 4.90 Å². The van der Waals surface area contributed by atoms with Crippen LogP contribution in [-0.2, 0) is 15.1 Å². The number of allylic oxidation sites excluding steroid dienone is 1. The Kier molecular flexibility index (Phi) is 8.55. The lowest BCUT2D eigenvalue weighted by molar-refractivity contribution is -0.137. The van der Waals surface area contributed by atoms with Crippen LogP contribution in [0.3, 0.4) is 0 Å². The maximum absolute atomic E-state index is 12.3. The van der Waals surface area contributed by atoms with Gasteiger partial charge in [0.2, 0.25) is 0 Å². The predicted octanol–water partition coefficient (Wildman–Crippen LogP) is 3.64. The Balaban J connectivity index is 3.34. The molecule has 2 unspecified atom stereocenters. The molecule has 0 bridgehead atoms. The number of hydrogen-bond acceptors (Lipinski definition) is 5. The van der Waals surface area contributed by atoms with Crippen molar-refractivity contribution in [3.63, 3.8) is 0 Å². The fourth-order valence-electron chi connectivity index (χ4n) is 2.89. The molecule has 26 heavy (non-hydrogen) atoms. The third kappa shape index (κ3) is 5.19. The summed E-state index contributed by atoms with van der Waals surface area (Å²) in [5, 5.41) is 20.1.